The van der Waals surface area contributed by atoms with Crippen molar-refractivity contribution in [2.45, 2.75) is 13.0 Å². The molecule has 3 amide bonds. The first-order valence-electron chi connectivity index (χ1n) is 8.19. The number of benzene rings is 2. The summed E-state index contributed by atoms with van der Waals surface area (Å²) in [4.78, 5) is 46.9. The van der Waals surface area contributed by atoms with Gasteiger partial charge in [-0.2, -0.15) is 0 Å². The number of hydrogen-bond acceptors (Lipinski definition) is 5. The van der Waals surface area contributed by atoms with Gasteiger partial charge in [0.25, 0.3) is 11.8 Å². The smallest absolute Gasteiger partial charge is 0.328 e. The van der Waals surface area contributed by atoms with Crippen molar-refractivity contribution in [3.8, 4) is 0 Å². The lowest BCUT2D eigenvalue weighted by Crippen LogP contribution is -2.40. The van der Waals surface area contributed by atoms with E-state index in [0.29, 0.717) is 21.8 Å². The largest absolute Gasteiger partial charge is 0.454 e. The number of anilines is 1. The second-order valence-corrected chi connectivity index (χ2v) is 6.24. The van der Waals surface area contributed by atoms with Gasteiger partial charge in [-0.3, -0.25) is 14.4 Å². The maximum atomic E-state index is 12.1. The molecule has 2 aromatic rings. The molecule has 28 heavy (non-hydrogen) atoms. The molecular weight excluding hydrogens is 386 g/mol. The number of amides is 3. The van der Waals surface area contributed by atoms with E-state index in [1.165, 1.54) is 43.3 Å². The molecule has 0 fully saturated rings. The number of halogens is 1. The van der Waals surface area contributed by atoms with Gasteiger partial charge in [-0.25, -0.2) is 4.79 Å². The van der Waals surface area contributed by atoms with Gasteiger partial charge in [-0.05, 0) is 55.5 Å². The highest BCUT2D eigenvalue weighted by atomic mass is 35.5. The van der Waals surface area contributed by atoms with Crippen LogP contribution in [-0.4, -0.2) is 36.3 Å². The predicted octanol–water partition coefficient (Wildman–Crippen LogP) is 1.74. The number of carbonyl (C=O) groups excluding carboxylic acids is 4. The second-order valence-electron chi connectivity index (χ2n) is 5.80. The standard InChI is InChI=1S/C19H18ClN3O5/c1-11(22-18(26)13-2-6-14(20)7-3-13)19(27)28-10-16(24)23-15-8-4-12(5-9-15)17(21)25/h2-9,11H,10H2,1H3,(H2,21,25)(H,22,26)(H,23,24)/t11-/m0/s1. The third kappa shape index (κ3) is 6.10. The fourth-order valence-corrected chi connectivity index (χ4v) is 2.24. The van der Waals surface area contributed by atoms with Crippen molar-refractivity contribution in [2.24, 2.45) is 5.73 Å². The third-order valence-electron chi connectivity index (χ3n) is 3.61. The molecule has 0 aliphatic rings. The van der Waals surface area contributed by atoms with Crippen molar-refractivity contribution >= 4 is 41.0 Å². The van der Waals surface area contributed by atoms with Crippen LogP contribution in [0.5, 0.6) is 0 Å². The highest BCUT2D eigenvalue weighted by molar-refractivity contribution is 6.30. The zero-order valence-corrected chi connectivity index (χ0v) is 15.7. The maximum absolute atomic E-state index is 12.1. The average Bonchev–Trinajstić information content (AvgIpc) is 2.66. The van der Waals surface area contributed by atoms with E-state index in [9.17, 15) is 19.2 Å². The fraction of sp³-hybridized carbons (Fsp3) is 0.158. The summed E-state index contributed by atoms with van der Waals surface area (Å²) < 4.78 is 4.89. The number of carbonyl (C=O) groups is 4. The Bertz CT molecular complexity index is 881. The van der Waals surface area contributed by atoms with Crippen LogP contribution in [0.4, 0.5) is 5.69 Å². The quantitative estimate of drug-likeness (QED) is 0.606. The number of hydrogen-bond donors (Lipinski definition) is 3. The molecule has 0 saturated heterocycles. The highest BCUT2D eigenvalue weighted by Crippen LogP contribution is 2.10. The molecule has 0 spiro atoms. The van der Waals surface area contributed by atoms with E-state index in [4.69, 9.17) is 22.1 Å². The van der Waals surface area contributed by atoms with Crippen molar-refractivity contribution in [1.29, 1.82) is 0 Å². The number of nitrogens with one attached hydrogen (secondary N) is 2. The van der Waals surface area contributed by atoms with Gasteiger partial charge in [0.05, 0.1) is 0 Å². The molecule has 9 heteroatoms. The Labute approximate surface area is 166 Å². The SMILES string of the molecule is C[C@H](NC(=O)c1ccc(Cl)cc1)C(=O)OCC(=O)Nc1ccc(C(N)=O)cc1. The molecule has 1 atom stereocenters. The van der Waals surface area contributed by atoms with Crippen molar-refractivity contribution in [1.82, 2.24) is 5.32 Å². The minimum atomic E-state index is -0.953. The Morgan fingerprint density at radius 2 is 1.57 bits per heavy atom. The molecule has 0 aliphatic heterocycles. The average molecular weight is 404 g/mol. The maximum Gasteiger partial charge on any atom is 0.328 e. The summed E-state index contributed by atoms with van der Waals surface area (Å²) in [7, 11) is 0. The first-order chi connectivity index (χ1) is 13.3. The van der Waals surface area contributed by atoms with Crippen molar-refractivity contribution in [3.63, 3.8) is 0 Å². The lowest BCUT2D eigenvalue weighted by molar-refractivity contribution is -0.148. The second kappa shape index (κ2) is 9.52. The van der Waals surface area contributed by atoms with Gasteiger partial charge in [0.15, 0.2) is 6.61 Å². The van der Waals surface area contributed by atoms with Crippen LogP contribution >= 0.6 is 11.6 Å². The van der Waals surface area contributed by atoms with Crippen LogP contribution in [0.3, 0.4) is 0 Å². The first-order valence-corrected chi connectivity index (χ1v) is 8.57. The van der Waals surface area contributed by atoms with Crippen molar-refractivity contribution < 1.29 is 23.9 Å². The van der Waals surface area contributed by atoms with Gasteiger partial charge in [0.2, 0.25) is 5.91 Å². The van der Waals surface area contributed by atoms with Gasteiger partial charge in [0, 0.05) is 21.8 Å². The van der Waals surface area contributed by atoms with Crippen LogP contribution in [0.15, 0.2) is 48.5 Å². The van der Waals surface area contributed by atoms with E-state index in [1.54, 1.807) is 12.1 Å². The number of ether oxygens (including phenoxy) is 1. The molecule has 2 rings (SSSR count). The molecule has 0 radical (unpaired) electrons. The molecule has 0 bridgehead atoms. The zero-order chi connectivity index (χ0) is 20.7. The van der Waals surface area contributed by atoms with Crippen molar-refractivity contribution in [2.75, 3.05) is 11.9 Å². The Hall–Kier alpha value is -3.39. The number of primary amides is 1. The summed E-state index contributed by atoms with van der Waals surface area (Å²) in [6.07, 6.45) is 0. The van der Waals surface area contributed by atoms with Crippen LogP contribution in [0.25, 0.3) is 0 Å². The lowest BCUT2D eigenvalue weighted by Gasteiger charge is -2.13. The summed E-state index contributed by atoms with van der Waals surface area (Å²) in [5, 5.41) is 5.47. The molecular formula is C19H18ClN3O5. The fourth-order valence-electron chi connectivity index (χ4n) is 2.12. The minimum absolute atomic E-state index is 0.301. The summed E-state index contributed by atoms with van der Waals surface area (Å²) in [5.41, 5.74) is 6.18. The molecule has 2 aromatic carbocycles. The molecule has 0 heterocycles. The Morgan fingerprint density at radius 3 is 2.14 bits per heavy atom. The molecule has 146 valence electrons. The topological polar surface area (TPSA) is 128 Å². The van der Waals surface area contributed by atoms with Crippen molar-refractivity contribution in [3.05, 3.63) is 64.7 Å². The van der Waals surface area contributed by atoms with Crippen LogP contribution in [0.1, 0.15) is 27.6 Å². The van der Waals surface area contributed by atoms with E-state index in [1.807, 2.05) is 0 Å². The molecule has 0 aliphatic carbocycles. The van der Waals surface area contributed by atoms with Crippen LogP contribution in [0.2, 0.25) is 5.02 Å². The lowest BCUT2D eigenvalue weighted by atomic mass is 10.2. The van der Waals surface area contributed by atoms with Gasteiger partial charge in [0.1, 0.15) is 6.04 Å². The van der Waals surface area contributed by atoms with E-state index >= 15 is 0 Å². The van der Waals surface area contributed by atoms with Crippen LogP contribution < -0.4 is 16.4 Å². The summed E-state index contributed by atoms with van der Waals surface area (Å²) in [6, 6.07) is 11.1. The highest BCUT2D eigenvalue weighted by Gasteiger charge is 2.19. The predicted molar refractivity (Wildman–Crippen MR) is 103 cm³/mol. The summed E-state index contributed by atoms with van der Waals surface area (Å²) in [5.74, 6) is -2.39. The van der Waals surface area contributed by atoms with Gasteiger partial charge in [-0.15, -0.1) is 0 Å². The normalized spacial score (nSPS) is 11.2. The van der Waals surface area contributed by atoms with Crippen LogP contribution in [-0.2, 0) is 14.3 Å². The summed E-state index contributed by atoms with van der Waals surface area (Å²) >= 11 is 5.76. The molecule has 8 nitrogen and oxygen atoms in total. The Morgan fingerprint density at radius 1 is 1.00 bits per heavy atom. The third-order valence-corrected chi connectivity index (χ3v) is 3.86. The number of nitrogens with two attached hydrogens (primary N) is 1. The number of rotatable bonds is 7. The van der Waals surface area contributed by atoms with E-state index in [-0.39, 0.29) is 0 Å². The Kier molecular flexibility index (Phi) is 7.11. The van der Waals surface area contributed by atoms with E-state index in [0.717, 1.165) is 0 Å². The van der Waals surface area contributed by atoms with Gasteiger partial charge >= 0.3 is 5.97 Å². The van der Waals surface area contributed by atoms with Gasteiger partial charge in [-0.1, -0.05) is 11.6 Å². The minimum Gasteiger partial charge on any atom is -0.454 e. The molecule has 0 saturated carbocycles. The molecule has 4 N–H and O–H groups in total. The molecule has 0 aromatic heterocycles. The zero-order valence-electron chi connectivity index (χ0n) is 14.9. The van der Waals surface area contributed by atoms with E-state index < -0.39 is 36.3 Å². The molecule has 0 unspecified atom stereocenters. The number of esters is 1. The summed E-state index contributed by atoms with van der Waals surface area (Å²) in [6.45, 7) is 0.911. The Balaban J connectivity index is 1.80. The monoisotopic (exact) mass is 403 g/mol. The van der Waals surface area contributed by atoms with Gasteiger partial charge < -0.3 is 21.1 Å². The first kappa shape index (κ1) is 20.9. The van der Waals surface area contributed by atoms with E-state index in [2.05, 4.69) is 10.6 Å². The van der Waals surface area contributed by atoms with Crippen LogP contribution in [0, 0.1) is 0 Å².